The number of phenols is 1. The SMILES string of the molecule is CN1CC2(C1)CN(c1nc3nnc(-c4ccc(-c5c[nH]nc5F)cc4O)cc3s1)C2. The molecule has 3 aromatic heterocycles. The van der Waals surface area contributed by atoms with E-state index in [9.17, 15) is 9.50 Å². The Balaban J connectivity index is 1.28. The van der Waals surface area contributed by atoms with Crippen molar-refractivity contribution in [3.63, 3.8) is 0 Å². The first-order valence-corrected chi connectivity index (χ1v) is 10.4. The highest BCUT2D eigenvalue weighted by Crippen LogP contribution is 2.43. The largest absolute Gasteiger partial charge is 0.507 e. The molecule has 0 aliphatic carbocycles. The van der Waals surface area contributed by atoms with Crippen LogP contribution >= 0.6 is 11.3 Å². The molecular formula is C20H18FN7OS. The van der Waals surface area contributed by atoms with Crippen LogP contribution in [-0.4, -0.2) is 68.6 Å². The van der Waals surface area contributed by atoms with E-state index in [1.807, 2.05) is 6.07 Å². The van der Waals surface area contributed by atoms with Crippen LogP contribution in [0.5, 0.6) is 5.75 Å². The van der Waals surface area contributed by atoms with Crippen LogP contribution in [0, 0.1) is 11.4 Å². The molecule has 4 aromatic rings. The lowest BCUT2D eigenvalue weighted by atomic mass is 9.73. The molecule has 30 heavy (non-hydrogen) atoms. The van der Waals surface area contributed by atoms with Crippen molar-refractivity contribution in [1.82, 2.24) is 30.3 Å². The third-order valence-corrected chi connectivity index (χ3v) is 6.91. The number of benzene rings is 1. The summed E-state index contributed by atoms with van der Waals surface area (Å²) in [6.07, 6.45) is 1.45. The van der Waals surface area contributed by atoms with Crippen molar-refractivity contribution in [3.05, 3.63) is 36.4 Å². The molecule has 0 unspecified atom stereocenters. The molecule has 6 rings (SSSR count). The van der Waals surface area contributed by atoms with E-state index in [4.69, 9.17) is 0 Å². The summed E-state index contributed by atoms with van der Waals surface area (Å²) < 4.78 is 14.6. The molecular weight excluding hydrogens is 405 g/mol. The van der Waals surface area contributed by atoms with Crippen molar-refractivity contribution in [2.75, 3.05) is 38.1 Å². The number of nitrogens with zero attached hydrogens (tertiary/aromatic N) is 6. The molecule has 2 saturated heterocycles. The molecule has 2 fully saturated rings. The molecule has 2 aliphatic rings. The number of aromatic hydroxyl groups is 1. The minimum absolute atomic E-state index is 0.00489. The maximum Gasteiger partial charge on any atom is 0.240 e. The maximum absolute atomic E-state index is 13.7. The van der Waals surface area contributed by atoms with Gasteiger partial charge in [0, 0.05) is 43.4 Å². The van der Waals surface area contributed by atoms with Gasteiger partial charge in [0.15, 0.2) is 10.8 Å². The summed E-state index contributed by atoms with van der Waals surface area (Å²) in [6.45, 7) is 4.36. The quantitative estimate of drug-likeness (QED) is 0.523. The summed E-state index contributed by atoms with van der Waals surface area (Å²) in [5, 5.41) is 25.9. The molecule has 0 radical (unpaired) electrons. The van der Waals surface area contributed by atoms with E-state index in [1.54, 1.807) is 23.5 Å². The van der Waals surface area contributed by atoms with Gasteiger partial charge in [-0.2, -0.15) is 9.37 Å². The highest BCUT2D eigenvalue weighted by molar-refractivity contribution is 7.22. The van der Waals surface area contributed by atoms with Crippen LogP contribution in [0.15, 0.2) is 30.5 Å². The second kappa shape index (κ2) is 6.19. The molecule has 0 saturated carbocycles. The first-order valence-electron chi connectivity index (χ1n) is 9.61. The van der Waals surface area contributed by atoms with Gasteiger partial charge in [0.1, 0.15) is 5.75 Å². The summed E-state index contributed by atoms with van der Waals surface area (Å²) in [5.74, 6) is -0.604. The zero-order valence-corrected chi connectivity index (χ0v) is 16.9. The molecule has 0 bridgehead atoms. The van der Waals surface area contributed by atoms with Gasteiger partial charge in [-0.1, -0.05) is 17.4 Å². The molecule has 2 N–H and O–H groups in total. The van der Waals surface area contributed by atoms with E-state index in [0.29, 0.717) is 33.4 Å². The molecule has 1 aromatic carbocycles. The van der Waals surface area contributed by atoms with Crippen LogP contribution < -0.4 is 4.90 Å². The van der Waals surface area contributed by atoms with E-state index < -0.39 is 5.95 Å². The zero-order chi connectivity index (χ0) is 20.5. The van der Waals surface area contributed by atoms with E-state index in [1.165, 1.54) is 12.3 Å². The van der Waals surface area contributed by atoms with Crippen LogP contribution in [0.4, 0.5) is 9.52 Å². The van der Waals surface area contributed by atoms with Crippen LogP contribution in [0.3, 0.4) is 0 Å². The van der Waals surface area contributed by atoms with Crippen molar-refractivity contribution in [2.45, 2.75) is 0 Å². The lowest BCUT2D eigenvalue weighted by molar-refractivity contribution is -0.00239. The molecule has 5 heterocycles. The first kappa shape index (κ1) is 17.7. The minimum atomic E-state index is -0.609. The normalized spacial score (nSPS) is 18.0. The van der Waals surface area contributed by atoms with Crippen LogP contribution in [-0.2, 0) is 0 Å². The third-order valence-electron chi connectivity index (χ3n) is 5.86. The van der Waals surface area contributed by atoms with Crippen molar-refractivity contribution in [3.8, 4) is 28.1 Å². The number of phenolic OH excluding ortho intramolecular Hbond substituents is 1. The Hall–Kier alpha value is -3.11. The number of halogens is 1. The average Bonchev–Trinajstić information content (AvgIpc) is 3.28. The summed E-state index contributed by atoms with van der Waals surface area (Å²) >= 11 is 1.59. The highest BCUT2D eigenvalue weighted by Gasteiger charge is 2.51. The number of H-pyrrole nitrogens is 1. The fourth-order valence-electron chi connectivity index (χ4n) is 4.59. The molecule has 2 aliphatic heterocycles. The van der Waals surface area contributed by atoms with Gasteiger partial charge in [-0.05, 0) is 30.8 Å². The molecule has 152 valence electrons. The van der Waals surface area contributed by atoms with Gasteiger partial charge in [0.25, 0.3) is 0 Å². The number of anilines is 1. The number of rotatable bonds is 3. The zero-order valence-electron chi connectivity index (χ0n) is 16.1. The Morgan fingerprint density at radius 1 is 1.13 bits per heavy atom. The van der Waals surface area contributed by atoms with E-state index in [-0.39, 0.29) is 5.75 Å². The molecule has 0 atom stereocenters. The fraction of sp³-hybridized carbons (Fsp3) is 0.300. The minimum Gasteiger partial charge on any atom is -0.507 e. The number of hydrogen-bond donors (Lipinski definition) is 2. The third kappa shape index (κ3) is 2.67. The second-order valence-electron chi connectivity index (χ2n) is 8.26. The lowest BCUT2D eigenvalue weighted by Gasteiger charge is -2.59. The summed E-state index contributed by atoms with van der Waals surface area (Å²) in [5.41, 5.74) is 2.97. The van der Waals surface area contributed by atoms with Crippen LogP contribution in [0.2, 0.25) is 0 Å². The summed E-state index contributed by atoms with van der Waals surface area (Å²) in [7, 11) is 2.15. The van der Waals surface area contributed by atoms with Gasteiger partial charge in [0.05, 0.1) is 16.0 Å². The van der Waals surface area contributed by atoms with Gasteiger partial charge < -0.3 is 14.9 Å². The van der Waals surface area contributed by atoms with Crippen molar-refractivity contribution < 1.29 is 9.50 Å². The molecule has 10 heteroatoms. The Morgan fingerprint density at radius 3 is 2.67 bits per heavy atom. The van der Waals surface area contributed by atoms with Crippen LogP contribution in [0.25, 0.3) is 32.7 Å². The molecule has 0 amide bonds. The fourth-order valence-corrected chi connectivity index (χ4v) is 5.52. The number of nitrogens with one attached hydrogen (secondary N) is 1. The van der Waals surface area contributed by atoms with Gasteiger partial charge >= 0.3 is 0 Å². The number of aromatic nitrogens is 5. The van der Waals surface area contributed by atoms with E-state index in [2.05, 4.69) is 42.2 Å². The molecule has 8 nitrogen and oxygen atoms in total. The first-order chi connectivity index (χ1) is 14.5. The van der Waals surface area contributed by atoms with Crippen molar-refractivity contribution in [1.29, 1.82) is 0 Å². The van der Waals surface area contributed by atoms with Crippen molar-refractivity contribution >= 4 is 26.8 Å². The van der Waals surface area contributed by atoms with Gasteiger partial charge in [-0.3, -0.25) is 5.10 Å². The standard InChI is InChI=1S/C20H18FN7OS/c1-27-7-20(8-27)9-28(10-20)19-23-18-16(30-19)5-14(24-26-18)12-3-2-11(4-15(12)29)13-6-22-25-17(13)21/h2-6,29H,7-10H2,1H3,(H,22,25). The predicted molar refractivity (Wildman–Crippen MR) is 112 cm³/mol. The topological polar surface area (TPSA) is 94.1 Å². The van der Waals surface area contributed by atoms with E-state index in [0.717, 1.165) is 36.0 Å². The maximum atomic E-state index is 13.7. The number of thiazole rings is 1. The number of fused-ring (bicyclic) bond motifs is 1. The summed E-state index contributed by atoms with van der Waals surface area (Å²) in [4.78, 5) is 9.27. The average molecular weight is 423 g/mol. The summed E-state index contributed by atoms with van der Waals surface area (Å²) in [6, 6.07) is 6.83. The Morgan fingerprint density at radius 2 is 1.97 bits per heavy atom. The lowest BCUT2D eigenvalue weighted by Crippen LogP contribution is -2.71. The second-order valence-corrected chi connectivity index (χ2v) is 9.27. The number of aromatic amines is 1. The van der Waals surface area contributed by atoms with E-state index >= 15 is 0 Å². The smallest absolute Gasteiger partial charge is 0.240 e. The van der Waals surface area contributed by atoms with Gasteiger partial charge in [-0.15, -0.1) is 15.3 Å². The Labute approximate surface area is 175 Å². The molecule has 1 spiro atoms. The Bertz CT molecular complexity index is 1270. The number of hydrogen-bond acceptors (Lipinski definition) is 8. The van der Waals surface area contributed by atoms with Gasteiger partial charge in [-0.25, -0.2) is 0 Å². The van der Waals surface area contributed by atoms with Crippen LogP contribution in [0.1, 0.15) is 0 Å². The van der Waals surface area contributed by atoms with Gasteiger partial charge in [0.2, 0.25) is 5.95 Å². The Kier molecular flexibility index (Phi) is 3.66. The number of likely N-dealkylation sites (tertiary alicyclic amines) is 1. The van der Waals surface area contributed by atoms with Crippen molar-refractivity contribution in [2.24, 2.45) is 5.41 Å². The highest BCUT2D eigenvalue weighted by atomic mass is 32.1. The predicted octanol–water partition coefficient (Wildman–Crippen LogP) is 2.74. The monoisotopic (exact) mass is 423 g/mol.